The second-order valence-corrected chi connectivity index (χ2v) is 16.7. The summed E-state index contributed by atoms with van der Waals surface area (Å²) in [7, 11) is 3.30. The van der Waals surface area contributed by atoms with Gasteiger partial charge in [0.15, 0.2) is 0 Å². The third kappa shape index (κ3) is 8.41. The van der Waals surface area contributed by atoms with Gasteiger partial charge in [-0.3, -0.25) is 9.59 Å². The number of benzene rings is 4. The van der Waals surface area contributed by atoms with Crippen LogP contribution in [0.4, 0.5) is 11.9 Å². The van der Waals surface area contributed by atoms with Gasteiger partial charge in [0.2, 0.25) is 23.5 Å². The number of methoxy groups -OCH3 is 2. The maximum atomic E-state index is 12.8. The molecular formula is C46H48Cl2N10O4. The SMILES string of the molecule is COc1ccc(Cn2nc(N3CCCCCC3)n3c4ccc(Cl)cc4c(=O)nc23)cc1.COc1cccc(Cn2nc(N3CCCCCC3)n3c4ccc(Cl)cc4c(=O)nc23)c1. The van der Waals surface area contributed by atoms with E-state index in [4.69, 9.17) is 42.9 Å². The molecule has 8 aromatic rings. The molecule has 4 aromatic heterocycles. The molecule has 14 nitrogen and oxygen atoms in total. The third-order valence-corrected chi connectivity index (χ3v) is 12.2. The lowest BCUT2D eigenvalue weighted by atomic mass is 10.2. The zero-order chi connectivity index (χ0) is 42.7. The molecule has 10 rings (SSSR count). The lowest BCUT2D eigenvalue weighted by Crippen LogP contribution is -2.26. The summed E-state index contributed by atoms with van der Waals surface area (Å²) in [6.07, 6.45) is 9.42. The zero-order valence-corrected chi connectivity index (χ0v) is 36.4. The average molecular weight is 876 g/mol. The molecule has 6 heterocycles. The predicted molar refractivity (Wildman–Crippen MR) is 245 cm³/mol. The van der Waals surface area contributed by atoms with Gasteiger partial charge in [-0.25, -0.2) is 18.2 Å². The lowest BCUT2D eigenvalue weighted by Gasteiger charge is -2.20. The van der Waals surface area contributed by atoms with E-state index < -0.39 is 0 Å². The van der Waals surface area contributed by atoms with Gasteiger partial charge < -0.3 is 19.3 Å². The van der Waals surface area contributed by atoms with Crippen LogP contribution < -0.4 is 30.4 Å². The number of nitrogens with zero attached hydrogens (tertiary/aromatic N) is 10. The number of aromatic nitrogens is 8. The van der Waals surface area contributed by atoms with Gasteiger partial charge in [-0.1, -0.05) is 73.2 Å². The van der Waals surface area contributed by atoms with Crippen LogP contribution in [0.1, 0.15) is 62.5 Å². The van der Waals surface area contributed by atoms with Crippen LogP contribution in [0.5, 0.6) is 11.5 Å². The Labute approximate surface area is 367 Å². The van der Waals surface area contributed by atoms with Gasteiger partial charge >= 0.3 is 0 Å². The molecule has 0 aliphatic carbocycles. The summed E-state index contributed by atoms with van der Waals surface area (Å²) in [5.41, 5.74) is 3.04. The molecule has 0 N–H and O–H groups in total. The molecule has 0 atom stereocenters. The topological polar surface area (TPSA) is 129 Å². The van der Waals surface area contributed by atoms with Crippen LogP contribution in [0.2, 0.25) is 10.0 Å². The average Bonchev–Trinajstić information content (AvgIpc) is 3.52. The fourth-order valence-corrected chi connectivity index (χ4v) is 8.86. The number of hydrogen-bond donors (Lipinski definition) is 0. The van der Waals surface area contributed by atoms with Gasteiger partial charge in [-0.2, -0.15) is 9.97 Å². The highest BCUT2D eigenvalue weighted by molar-refractivity contribution is 6.31. The van der Waals surface area contributed by atoms with Crippen LogP contribution in [0, 0.1) is 0 Å². The number of hydrogen-bond acceptors (Lipinski definition) is 10. The summed E-state index contributed by atoms with van der Waals surface area (Å²) < 4.78 is 18.2. The lowest BCUT2D eigenvalue weighted by molar-refractivity contribution is 0.414. The van der Waals surface area contributed by atoms with Gasteiger partial charge in [0.1, 0.15) is 11.5 Å². The number of anilines is 2. The van der Waals surface area contributed by atoms with Crippen LogP contribution >= 0.6 is 23.2 Å². The Morgan fingerprint density at radius 1 is 0.532 bits per heavy atom. The number of fused-ring (bicyclic) bond motifs is 6. The van der Waals surface area contributed by atoms with E-state index in [0.717, 1.165) is 97.4 Å². The number of rotatable bonds is 8. The van der Waals surface area contributed by atoms with Crippen molar-refractivity contribution in [3.8, 4) is 11.5 Å². The normalized spacial score (nSPS) is 14.8. The minimum absolute atomic E-state index is 0.296. The Bertz CT molecular complexity index is 3000. The van der Waals surface area contributed by atoms with Crippen molar-refractivity contribution >= 4 is 68.5 Å². The number of ether oxygens (including phenoxy) is 2. The molecule has 320 valence electrons. The van der Waals surface area contributed by atoms with Crippen molar-refractivity contribution in [2.75, 3.05) is 50.2 Å². The first-order valence-corrected chi connectivity index (χ1v) is 22.0. The van der Waals surface area contributed by atoms with Crippen LogP contribution in [-0.2, 0) is 13.1 Å². The molecule has 0 unspecified atom stereocenters. The maximum absolute atomic E-state index is 12.8. The first-order valence-electron chi connectivity index (χ1n) is 21.2. The van der Waals surface area contributed by atoms with E-state index in [1.165, 1.54) is 25.7 Å². The van der Waals surface area contributed by atoms with Gasteiger partial charge in [0, 0.05) is 36.2 Å². The number of halogens is 2. The molecule has 0 saturated carbocycles. The van der Waals surface area contributed by atoms with Gasteiger partial charge in [-0.15, -0.1) is 10.2 Å². The second-order valence-electron chi connectivity index (χ2n) is 15.8. The molecule has 0 radical (unpaired) electrons. The van der Waals surface area contributed by atoms with Gasteiger partial charge in [0.25, 0.3) is 11.1 Å². The summed E-state index contributed by atoms with van der Waals surface area (Å²) >= 11 is 12.3. The van der Waals surface area contributed by atoms with Crippen LogP contribution in [0.25, 0.3) is 33.4 Å². The Morgan fingerprint density at radius 3 is 1.47 bits per heavy atom. The Hall–Kier alpha value is -6.12. The molecule has 16 heteroatoms. The standard InChI is InChI=1S/2C23H24ClN5O2/c1-31-18-9-6-16(7-10-18)15-28-22-25-21(30)19-14-17(24)8-11-20(19)29(22)23(26-28)27-12-4-2-3-5-13-27;1-31-18-8-6-7-16(13-18)15-28-22-25-21(30)19-14-17(24)9-10-20(19)29(22)23(26-28)27-11-4-2-3-5-12-27/h6-11,14H,2-5,12-13,15H2,1H3;6-10,13-14H,2-5,11-12,15H2,1H3. The van der Waals surface area contributed by atoms with Crippen molar-refractivity contribution in [2.24, 2.45) is 0 Å². The molecule has 62 heavy (non-hydrogen) atoms. The molecule has 0 spiro atoms. The van der Waals surface area contributed by atoms with Crippen LogP contribution in [0.3, 0.4) is 0 Å². The second kappa shape index (κ2) is 18.1. The highest BCUT2D eigenvalue weighted by atomic mass is 35.5. The van der Waals surface area contributed by atoms with Crippen molar-refractivity contribution in [2.45, 2.75) is 64.5 Å². The fourth-order valence-electron chi connectivity index (χ4n) is 8.51. The first-order chi connectivity index (χ1) is 30.3. The van der Waals surface area contributed by atoms with Crippen molar-refractivity contribution in [1.29, 1.82) is 0 Å². The summed E-state index contributed by atoms with van der Waals surface area (Å²) in [5.74, 6) is 4.30. The smallest absolute Gasteiger partial charge is 0.282 e. The molecule has 0 bridgehead atoms. The Balaban J connectivity index is 0.000000158. The monoisotopic (exact) mass is 874 g/mol. The zero-order valence-electron chi connectivity index (χ0n) is 34.8. The summed E-state index contributed by atoms with van der Waals surface area (Å²) in [5, 5.41) is 11.9. The molecular weight excluding hydrogens is 827 g/mol. The summed E-state index contributed by atoms with van der Waals surface area (Å²) in [6, 6.07) is 26.5. The van der Waals surface area contributed by atoms with Crippen molar-refractivity contribution < 1.29 is 9.47 Å². The molecule has 2 saturated heterocycles. The van der Waals surface area contributed by atoms with Crippen molar-refractivity contribution in [3.05, 3.63) is 127 Å². The molecule has 2 fully saturated rings. The first kappa shape index (κ1) is 41.2. The van der Waals surface area contributed by atoms with E-state index in [-0.39, 0.29) is 11.1 Å². The maximum Gasteiger partial charge on any atom is 0.282 e. The summed E-state index contributed by atoms with van der Waals surface area (Å²) in [4.78, 5) is 39.1. The highest BCUT2D eigenvalue weighted by Crippen LogP contribution is 2.28. The molecule has 2 aliphatic heterocycles. The van der Waals surface area contributed by atoms with Crippen molar-refractivity contribution in [3.63, 3.8) is 0 Å². The largest absolute Gasteiger partial charge is 0.497 e. The summed E-state index contributed by atoms with van der Waals surface area (Å²) in [6.45, 7) is 4.75. The molecule has 0 amide bonds. The minimum atomic E-state index is -0.299. The predicted octanol–water partition coefficient (Wildman–Crippen LogP) is 8.27. The molecule has 4 aromatic carbocycles. The van der Waals surface area contributed by atoms with E-state index in [0.29, 0.717) is 45.5 Å². The van der Waals surface area contributed by atoms with E-state index in [2.05, 4.69) is 19.8 Å². The quantitative estimate of drug-likeness (QED) is 0.147. The van der Waals surface area contributed by atoms with E-state index in [9.17, 15) is 9.59 Å². The van der Waals surface area contributed by atoms with Gasteiger partial charge in [0.05, 0.1) is 49.1 Å². The Morgan fingerprint density at radius 2 is 1.00 bits per heavy atom. The van der Waals surface area contributed by atoms with Crippen LogP contribution in [0.15, 0.2) is 94.5 Å². The highest BCUT2D eigenvalue weighted by Gasteiger charge is 2.24. The van der Waals surface area contributed by atoms with Crippen LogP contribution in [-0.4, -0.2) is 78.7 Å². The minimum Gasteiger partial charge on any atom is -0.497 e. The third-order valence-electron chi connectivity index (χ3n) is 11.7. The van der Waals surface area contributed by atoms with E-state index in [1.54, 1.807) is 32.4 Å². The van der Waals surface area contributed by atoms with Crippen molar-refractivity contribution in [1.82, 2.24) is 38.3 Å². The van der Waals surface area contributed by atoms with Gasteiger partial charge in [-0.05, 0) is 97.5 Å². The van der Waals surface area contributed by atoms with E-state index >= 15 is 0 Å². The van der Waals surface area contributed by atoms with E-state index in [1.807, 2.05) is 84.9 Å². The Kier molecular flexibility index (Phi) is 12.0. The fraction of sp³-hybridized carbons (Fsp3) is 0.348. The molecule has 2 aliphatic rings.